The lowest BCUT2D eigenvalue weighted by Gasteiger charge is -2.22. The van der Waals surface area contributed by atoms with Crippen molar-refractivity contribution in [3.05, 3.63) is 54.0 Å². The number of ether oxygens (including phenoxy) is 1. The lowest BCUT2D eigenvalue weighted by atomic mass is 10.2. The second-order valence-corrected chi connectivity index (χ2v) is 5.34. The molecule has 5 nitrogen and oxygen atoms in total. The summed E-state index contributed by atoms with van der Waals surface area (Å²) < 4.78 is 11.1. The highest BCUT2D eigenvalue weighted by Gasteiger charge is 2.06. The van der Waals surface area contributed by atoms with Crippen molar-refractivity contribution in [1.82, 2.24) is 10.2 Å². The zero-order valence-corrected chi connectivity index (χ0v) is 16.8. The molecule has 0 aliphatic carbocycles. The minimum atomic E-state index is 0. The van der Waals surface area contributed by atoms with Gasteiger partial charge < -0.3 is 19.4 Å². The Morgan fingerprint density at radius 1 is 1.25 bits per heavy atom. The van der Waals surface area contributed by atoms with Crippen LogP contribution in [0.2, 0.25) is 0 Å². The Morgan fingerprint density at radius 2 is 2.04 bits per heavy atom. The average Bonchev–Trinajstić information content (AvgIpc) is 3.06. The number of furan rings is 1. The van der Waals surface area contributed by atoms with Crippen LogP contribution in [0.3, 0.4) is 0 Å². The monoisotopic (exact) mass is 443 g/mol. The van der Waals surface area contributed by atoms with E-state index in [0.29, 0.717) is 6.61 Å². The first-order chi connectivity index (χ1) is 11.2. The summed E-state index contributed by atoms with van der Waals surface area (Å²) in [7, 11) is 3.79. The number of nitrogens with zero attached hydrogens (tertiary/aromatic N) is 2. The number of hydrogen-bond acceptors (Lipinski definition) is 3. The summed E-state index contributed by atoms with van der Waals surface area (Å²) >= 11 is 0. The number of guanidine groups is 1. The molecule has 0 amide bonds. The van der Waals surface area contributed by atoms with Gasteiger partial charge in [0.25, 0.3) is 0 Å². The molecule has 6 heteroatoms. The molecule has 1 heterocycles. The SMILES string of the molecule is CN=C(NCCc1ccco1)N(C)CCOc1ccccc1C.I. The van der Waals surface area contributed by atoms with Crippen LogP contribution in [0.5, 0.6) is 5.75 Å². The molecule has 0 unspecified atom stereocenters. The fourth-order valence-electron chi connectivity index (χ4n) is 2.25. The Balaban J connectivity index is 0.00000288. The van der Waals surface area contributed by atoms with Gasteiger partial charge >= 0.3 is 0 Å². The molecule has 2 aromatic rings. The van der Waals surface area contributed by atoms with Gasteiger partial charge in [-0.05, 0) is 30.7 Å². The number of halogens is 1. The van der Waals surface area contributed by atoms with Crippen molar-refractivity contribution in [1.29, 1.82) is 0 Å². The lowest BCUT2D eigenvalue weighted by molar-refractivity contribution is 0.280. The van der Waals surface area contributed by atoms with Gasteiger partial charge in [0.2, 0.25) is 0 Å². The first-order valence-electron chi connectivity index (χ1n) is 7.83. The molecule has 0 aliphatic rings. The Bertz CT molecular complexity index is 614. The van der Waals surface area contributed by atoms with E-state index in [1.807, 2.05) is 50.4 Å². The van der Waals surface area contributed by atoms with Gasteiger partial charge in [0, 0.05) is 27.1 Å². The average molecular weight is 443 g/mol. The maximum Gasteiger partial charge on any atom is 0.193 e. The van der Waals surface area contributed by atoms with Gasteiger partial charge in [0.15, 0.2) is 5.96 Å². The maximum absolute atomic E-state index is 5.83. The van der Waals surface area contributed by atoms with Crippen LogP contribution >= 0.6 is 24.0 Å². The number of benzene rings is 1. The molecule has 2 rings (SSSR count). The molecule has 0 atom stereocenters. The van der Waals surface area contributed by atoms with E-state index in [-0.39, 0.29) is 24.0 Å². The van der Waals surface area contributed by atoms with E-state index in [1.54, 1.807) is 13.3 Å². The number of hydrogen-bond donors (Lipinski definition) is 1. The molecular formula is C18H26IN3O2. The predicted molar refractivity (Wildman–Crippen MR) is 108 cm³/mol. The van der Waals surface area contributed by atoms with Crippen molar-refractivity contribution in [2.45, 2.75) is 13.3 Å². The second kappa shape index (κ2) is 11.0. The van der Waals surface area contributed by atoms with Gasteiger partial charge in [-0.3, -0.25) is 4.99 Å². The fourth-order valence-corrected chi connectivity index (χ4v) is 2.25. The third-order valence-electron chi connectivity index (χ3n) is 3.59. The van der Waals surface area contributed by atoms with Crippen molar-refractivity contribution in [2.24, 2.45) is 4.99 Å². The van der Waals surface area contributed by atoms with E-state index in [1.165, 1.54) is 0 Å². The lowest BCUT2D eigenvalue weighted by Crippen LogP contribution is -2.41. The largest absolute Gasteiger partial charge is 0.491 e. The molecule has 1 N–H and O–H groups in total. The Hall–Kier alpha value is -1.70. The van der Waals surface area contributed by atoms with E-state index in [2.05, 4.69) is 15.2 Å². The summed E-state index contributed by atoms with van der Waals surface area (Å²) in [6.07, 6.45) is 2.53. The van der Waals surface area contributed by atoms with Gasteiger partial charge in [0.1, 0.15) is 18.1 Å². The van der Waals surface area contributed by atoms with Gasteiger partial charge in [0.05, 0.1) is 12.8 Å². The Kier molecular flexibility index (Phi) is 9.29. The van der Waals surface area contributed by atoms with Gasteiger partial charge in [-0.2, -0.15) is 0 Å². The molecule has 0 radical (unpaired) electrons. The predicted octanol–water partition coefficient (Wildman–Crippen LogP) is 3.33. The first kappa shape index (κ1) is 20.3. The number of rotatable bonds is 7. The molecule has 132 valence electrons. The minimum absolute atomic E-state index is 0. The third-order valence-corrected chi connectivity index (χ3v) is 3.59. The van der Waals surface area contributed by atoms with Crippen molar-refractivity contribution in [2.75, 3.05) is 33.8 Å². The zero-order chi connectivity index (χ0) is 16.5. The van der Waals surface area contributed by atoms with Crippen LogP contribution in [0, 0.1) is 6.92 Å². The van der Waals surface area contributed by atoms with E-state index in [0.717, 1.165) is 42.5 Å². The van der Waals surface area contributed by atoms with Crippen molar-refractivity contribution in [3.63, 3.8) is 0 Å². The number of aliphatic imine (C=N–C) groups is 1. The van der Waals surface area contributed by atoms with Crippen LogP contribution in [0.4, 0.5) is 0 Å². The summed E-state index contributed by atoms with van der Waals surface area (Å²) in [5, 5.41) is 3.33. The molecule has 24 heavy (non-hydrogen) atoms. The quantitative estimate of drug-likeness (QED) is 0.405. The molecule has 0 bridgehead atoms. The maximum atomic E-state index is 5.83. The highest BCUT2D eigenvalue weighted by molar-refractivity contribution is 14.0. The first-order valence-corrected chi connectivity index (χ1v) is 7.83. The van der Waals surface area contributed by atoms with E-state index >= 15 is 0 Å². The number of likely N-dealkylation sites (N-methyl/N-ethyl adjacent to an activating group) is 1. The van der Waals surface area contributed by atoms with Gasteiger partial charge in [-0.15, -0.1) is 24.0 Å². The Morgan fingerprint density at radius 3 is 2.71 bits per heavy atom. The third kappa shape index (κ3) is 6.43. The van der Waals surface area contributed by atoms with Crippen molar-refractivity contribution in [3.8, 4) is 5.75 Å². The minimum Gasteiger partial charge on any atom is -0.491 e. The highest BCUT2D eigenvalue weighted by Crippen LogP contribution is 2.15. The molecule has 0 saturated heterocycles. The molecule has 1 aromatic heterocycles. The summed E-state index contributed by atoms with van der Waals surface area (Å²) in [5.74, 6) is 2.75. The van der Waals surface area contributed by atoms with E-state index in [9.17, 15) is 0 Å². The number of aryl methyl sites for hydroxylation is 1. The van der Waals surface area contributed by atoms with Crippen LogP contribution < -0.4 is 10.1 Å². The van der Waals surface area contributed by atoms with Gasteiger partial charge in [-0.1, -0.05) is 18.2 Å². The van der Waals surface area contributed by atoms with E-state index < -0.39 is 0 Å². The van der Waals surface area contributed by atoms with Crippen LogP contribution in [-0.4, -0.2) is 44.7 Å². The fraction of sp³-hybridized carbons (Fsp3) is 0.389. The normalized spacial score (nSPS) is 10.9. The van der Waals surface area contributed by atoms with Crippen LogP contribution in [0.25, 0.3) is 0 Å². The topological polar surface area (TPSA) is 50.0 Å². The standard InChI is InChI=1S/C18H25N3O2.HI/c1-15-7-4-5-9-17(15)23-14-12-21(3)18(19-2)20-11-10-16-8-6-13-22-16;/h4-9,13H,10-12,14H2,1-3H3,(H,19,20);1H. The van der Waals surface area contributed by atoms with Crippen molar-refractivity contribution >= 4 is 29.9 Å². The molecule has 0 aliphatic heterocycles. The van der Waals surface area contributed by atoms with Crippen LogP contribution in [0.1, 0.15) is 11.3 Å². The number of para-hydroxylation sites is 1. The van der Waals surface area contributed by atoms with Crippen molar-refractivity contribution < 1.29 is 9.15 Å². The Labute approximate surface area is 161 Å². The highest BCUT2D eigenvalue weighted by atomic mass is 127. The summed E-state index contributed by atoms with van der Waals surface area (Å²) in [6.45, 7) is 4.20. The smallest absolute Gasteiger partial charge is 0.193 e. The molecule has 0 spiro atoms. The second-order valence-electron chi connectivity index (χ2n) is 5.34. The van der Waals surface area contributed by atoms with E-state index in [4.69, 9.17) is 9.15 Å². The summed E-state index contributed by atoms with van der Waals surface area (Å²) in [4.78, 5) is 6.35. The summed E-state index contributed by atoms with van der Waals surface area (Å²) in [6, 6.07) is 11.9. The summed E-state index contributed by atoms with van der Waals surface area (Å²) in [5.41, 5.74) is 1.15. The van der Waals surface area contributed by atoms with Gasteiger partial charge in [-0.25, -0.2) is 0 Å². The number of nitrogens with one attached hydrogen (secondary N) is 1. The molecule has 0 saturated carbocycles. The van der Waals surface area contributed by atoms with Crippen LogP contribution in [-0.2, 0) is 6.42 Å². The van der Waals surface area contributed by atoms with Crippen LogP contribution in [0.15, 0.2) is 52.1 Å². The zero-order valence-electron chi connectivity index (χ0n) is 14.5. The molecule has 0 fully saturated rings. The molecule has 1 aromatic carbocycles. The molecular weight excluding hydrogens is 417 g/mol.